The molecule has 2 amide bonds. The maximum absolute atomic E-state index is 12.6. The Morgan fingerprint density at radius 1 is 1.12 bits per heavy atom. The van der Waals surface area contributed by atoms with Gasteiger partial charge in [-0.25, -0.2) is 0 Å². The smallest absolute Gasteiger partial charge is 0.295 e. The molecule has 134 valence electrons. The number of nitrogens with one attached hydrogen (secondary N) is 1. The standard InChI is InChI=1S/C19H18BrN3O2S/c1-22(2)14-9-7-13(8-10-14)11-17-18(24)23(19(25)26-17)12-21-16-6-4-3-5-15(16)20/h3-11,21H,12H2,1-2H3. The summed E-state index contributed by atoms with van der Waals surface area (Å²) in [5.74, 6) is -0.281. The molecule has 1 saturated heterocycles. The van der Waals surface area contributed by atoms with Gasteiger partial charge in [-0.15, -0.1) is 0 Å². The summed E-state index contributed by atoms with van der Waals surface area (Å²) in [6.07, 6.45) is 1.75. The molecule has 1 aliphatic heterocycles. The molecule has 0 bridgehead atoms. The molecule has 1 fully saturated rings. The summed E-state index contributed by atoms with van der Waals surface area (Å²) in [6, 6.07) is 15.4. The summed E-state index contributed by atoms with van der Waals surface area (Å²) >= 11 is 4.40. The van der Waals surface area contributed by atoms with Gasteiger partial charge in [-0.3, -0.25) is 14.5 Å². The van der Waals surface area contributed by atoms with Gasteiger partial charge in [0.15, 0.2) is 0 Å². The molecule has 1 N–H and O–H groups in total. The number of hydrogen-bond donors (Lipinski definition) is 1. The van der Waals surface area contributed by atoms with Gasteiger partial charge in [-0.2, -0.15) is 0 Å². The van der Waals surface area contributed by atoms with E-state index in [1.807, 2.05) is 67.5 Å². The highest BCUT2D eigenvalue weighted by molar-refractivity contribution is 9.10. The Kier molecular flexibility index (Phi) is 5.68. The normalized spacial score (nSPS) is 15.7. The SMILES string of the molecule is CN(C)c1ccc(C=C2SC(=O)N(CNc3ccccc3Br)C2=O)cc1. The first-order valence-corrected chi connectivity index (χ1v) is 9.58. The second-order valence-corrected chi connectivity index (χ2v) is 7.76. The van der Waals surface area contributed by atoms with E-state index in [2.05, 4.69) is 21.2 Å². The van der Waals surface area contributed by atoms with Gasteiger partial charge in [-0.05, 0) is 63.6 Å². The number of benzene rings is 2. The lowest BCUT2D eigenvalue weighted by atomic mass is 10.2. The molecule has 26 heavy (non-hydrogen) atoms. The number of imide groups is 1. The average molecular weight is 432 g/mol. The van der Waals surface area contributed by atoms with Crippen LogP contribution in [0.2, 0.25) is 0 Å². The van der Waals surface area contributed by atoms with Crippen molar-refractivity contribution in [2.24, 2.45) is 0 Å². The molecule has 0 aliphatic carbocycles. The van der Waals surface area contributed by atoms with E-state index in [-0.39, 0.29) is 17.8 Å². The van der Waals surface area contributed by atoms with Gasteiger partial charge < -0.3 is 10.2 Å². The number of anilines is 2. The highest BCUT2D eigenvalue weighted by Crippen LogP contribution is 2.32. The van der Waals surface area contributed by atoms with Crippen molar-refractivity contribution in [1.29, 1.82) is 0 Å². The lowest BCUT2D eigenvalue weighted by Gasteiger charge is -2.15. The molecule has 0 atom stereocenters. The summed E-state index contributed by atoms with van der Waals surface area (Å²) in [4.78, 5) is 28.4. The zero-order valence-electron chi connectivity index (χ0n) is 14.4. The van der Waals surface area contributed by atoms with E-state index in [0.29, 0.717) is 4.91 Å². The van der Waals surface area contributed by atoms with Gasteiger partial charge in [0, 0.05) is 29.9 Å². The number of rotatable bonds is 5. The lowest BCUT2D eigenvalue weighted by molar-refractivity contribution is -0.122. The van der Waals surface area contributed by atoms with Crippen LogP contribution in [-0.4, -0.2) is 36.8 Å². The molecule has 2 aromatic rings. The van der Waals surface area contributed by atoms with E-state index in [4.69, 9.17) is 0 Å². The quantitative estimate of drug-likeness (QED) is 0.699. The van der Waals surface area contributed by atoms with E-state index in [1.54, 1.807) is 6.08 Å². The molecule has 0 radical (unpaired) electrons. The van der Waals surface area contributed by atoms with Crippen LogP contribution in [0.5, 0.6) is 0 Å². The number of carbonyl (C=O) groups excluding carboxylic acids is 2. The highest BCUT2D eigenvalue weighted by atomic mass is 79.9. The van der Waals surface area contributed by atoms with Crippen LogP contribution in [0.3, 0.4) is 0 Å². The number of thioether (sulfide) groups is 1. The minimum absolute atomic E-state index is 0.129. The van der Waals surface area contributed by atoms with Crippen molar-refractivity contribution in [3.63, 3.8) is 0 Å². The Morgan fingerprint density at radius 3 is 2.46 bits per heavy atom. The van der Waals surface area contributed by atoms with Gasteiger partial charge in [-0.1, -0.05) is 24.3 Å². The molecule has 1 heterocycles. The van der Waals surface area contributed by atoms with Crippen molar-refractivity contribution in [3.8, 4) is 0 Å². The number of nitrogens with zero attached hydrogens (tertiary/aromatic N) is 2. The van der Waals surface area contributed by atoms with Crippen molar-refractivity contribution in [2.45, 2.75) is 0 Å². The van der Waals surface area contributed by atoms with E-state index < -0.39 is 0 Å². The van der Waals surface area contributed by atoms with Gasteiger partial charge >= 0.3 is 0 Å². The third-order valence-electron chi connectivity index (χ3n) is 3.88. The summed E-state index contributed by atoms with van der Waals surface area (Å²) < 4.78 is 0.878. The van der Waals surface area contributed by atoms with Crippen molar-refractivity contribution >= 4 is 56.3 Å². The van der Waals surface area contributed by atoms with E-state index in [1.165, 1.54) is 4.90 Å². The highest BCUT2D eigenvalue weighted by Gasteiger charge is 2.34. The van der Waals surface area contributed by atoms with E-state index in [9.17, 15) is 9.59 Å². The van der Waals surface area contributed by atoms with Crippen molar-refractivity contribution in [1.82, 2.24) is 4.90 Å². The van der Waals surface area contributed by atoms with Crippen LogP contribution in [0.4, 0.5) is 16.2 Å². The number of halogens is 1. The first kappa shape index (κ1) is 18.5. The fourth-order valence-corrected chi connectivity index (χ4v) is 3.69. The summed E-state index contributed by atoms with van der Waals surface area (Å²) in [5.41, 5.74) is 2.79. The molecule has 0 spiro atoms. The summed E-state index contributed by atoms with van der Waals surface area (Å²) in [7, 11) is 3.94. The molecular weight excluding hydrogens is 414 g/mol. The van der Waals surface area contributed by atoms with Crippen molar-refractivity contribution in [3.05, 3.63) is 63.5 Å². The third kappa shape index (κ3) is 4.11. The number of hydrogen-bond acceptors (Lipinski definition) is 5. The average Bonchev–Trinajstić information content (AvgIpc) is 2.88. The Bertz CT molecular complexity index is 865. The molecule has 3 rings (SSSR count). The zero-order chi connectivity index (χ0) is 18.7. The van der Waals surface area contributed by atoms with Crippen LogP contribution in [0.15, 0.2) is 57.9 Å². The summed E-state index contributed by atoms with van der Waals surface area (Å²) in [5, 5.41) is 2.84. The molecule has 7 heteroatoms. The predicted octanol–water partition coefficient (Wildman–Crippen LogP) is 4.62. The number of amides is 2. The maximum Gasteiger partial charge on any atom is 0.295 e. The van der Waals surface area contributed by atoms with E-state index in [0.717, 1.165) is 33.2 Å². The van der Waals surface area contributed by atoms with Crippen LogP contribution < -0.4 is 10.2 Å². The van der Waals surface area contributed by atoms with Crippen LogP contribution in [-0.2, 0) is 4.79 Å². The molecule has 0 aromatic heterocycles. The predicted molar refractivity (Wildman–Crippen MR) is 111 cm³/mol. The fourth-order valence-electron chi connectivity index (χ4n) is 2.43. The third-order valence-corrected chi connectivity index (χ3v) is 5.48. The van der Waals surface area contributed by atoms with Gasteiger partial charge in [0.1, 0.15) is 0 Å². The molecule has 5 nitrogen and oxygen atoms in total. The summed E-state index contributed by atoms with van der Waals surface area (Å²) in [6.45, 7) is 0.129. The van der Waals surface area contributed by atoms with Crippen LogP contribution >= 0.6 is 27.7 Å². The van der Waals surface area contributed by atoms with Gasteiger partial charge in [0.05, 0.1) is 11.6 Å². The first-order chi connectivity index (χ1) is 12.5. The van der Waals surface area contributed by atoms with Crippen molar-refractivity contribution < 1.29 is 9.59 Å². The van der Waals surface area contributed by atoms with Crippen LogP contribution in [0.1, 0.15) is 5.56 Å². The number of carbonyl (C=O) groups is 2. The first-order valence-electron chi connectivity index (χ1n) is 7.97. The van der Waals surface area contributed by atoms with Crippen LogP contribution in [0.25, 0.3) is 6.08 Å². The van der Waals surface area contributed by atoms with Crippen molar-refractivity contribution in [2.75, 3.05) is 31.0 Å². The van der Waals surface area contributed by atoms with Gasteiger partial charge in [0.2, 0.25) is 0 Å². The topological polar surface area (TPSA) is 52.7 Å². The van der Waals surface area contributed by atoms with Gasteiger partial charge in [0.25, 0.3) is 11.1 Å². The fraction of sp³-hybridized carbons (Fsp3) is 0.158. The molecule has 2 aromatic carbocycles. The van der Waals surface area contributed by atoms with Crippen LogP contribution in [0, 0.1) is 0 Å². The Morgan fingerprint density at radius 2 is 1.81 bits per heavy atom. The molecule has 0 unspecified atom stereocenters. The zero-order valence-corrected chi connectivity index (χ0v) is 16.8. The monoisotopic (exact) mass is 431 g/mol. The number of para-hydroxylation sites is 1. The molecule has 0 saturated carbocycles. The largest absolute Gasteiger partial charge is 0.378 e. The molecule has 1 aliphatic rings. The Balaban J connectivity index is 1.71. The maximum atomic E-state index is 12.6. The van der Waals surface area contributed by atoms with E-state index >= 15 is 0 Å². The molecular formula is C19H18BrN3O2S. The lowest BCUT2D eigenvalue weighted by Crippen LogP contribution is -2.33. The Labute approximate surface area is 165 Å². The second-order valence-electron chi connectivity index (χ2n) is 5.91. The minimum Gasteiger partial charge on any atom is -0.378 e. The minimum atomic E-state index is -0.281. The second kappa shape index (κ2) is 7.97. The Hall–Kier alpha value is -2.25.